The van der Waals surface area contributed by atoms with E-state index in [2.05, 4.69) is 55.7 Å². The van der Waals surface area contributed by atoms with Crippen molar-refractivity contribution in [2.45, 2.75) is 13.1 Å². The first-order valence-electron chi connectivity index (χ1n) is 9.14. The highest BCUT2D eigenvalue weighted by atomic mass is 16.5. The number of hydrazine groups is 1. The fourth-order valence-corrected chi connectivity index (χ4v) is 3.72. The van der Waals surface area contributed by atoms with Gasteiger partial charge in [0.2, 0.25) is 5.95 Å². The Bertz CT molecular complexity index is 709. The van der Waals surface area contributed by atoms with E-state index in [1.165, 1.54) is 5.52 Å². The molecule has 1 aromatic heterocycles. The monoisotopic (exact) mass is 344 g/mol. The molecule has 7 nitrogen and oxygen atoms in total. The SMILES string of the molecule is COCCCN1CN(N2CCN(C)CC2)c2nc3ccccc3n2C1. The van der Waals surface area contributed by atoms with Gasteiger partial charge in [-0.25, -0.2) is 9.99 Å². The number of hydrogen-bond donors (Lipinski definition) is 0. The summed E-state index contributed by atoms with van der Waals surface area (Å²) in [4.78, 5) is 9.82. The van der Waals surface area contributed by atoms with E-state index in [0.29, 0.717) is 0 Å². The molecule has 0 atom stereocenters. The number of methoxy groups -OCH3 is 1. The van der Waals surface area contributed by atoms with E-state index in [1.54, 1.807) is 7.11 Å². The molecule has 0 radical (unpaired) electrons. The van der Waals surface area contributed by atoms with Crippen LogP contribution in [0.15, 0.2) is 24.3 Å². The number of para-hydroxylation sites is 2. The van der Waals surface area contributed by atoms with Crippen LogP contribution in [-0.4, -0.2) is 84.5 Å². The van der Waals surface area contributed by atoms with Gasteiger partial charge in [0, 0.05) is 46.4 Å². The van der Waals surface area contributed by atoms with Crippen LogP contribution in [0.25, 0.3) is 11.0 Å². The van der Waals surface area contributed by atoms with E-state index in [4.69, 9.17) is 9.72 Å². The van der Waals surface area contributed by atoms with Gasteiger partial charge in [0.1, 0.15) is 0 Å². The normalized spacial score (nSPS) is 20.3. The molecule has 2 aliphatic heterocycles. The number of likely N-dealkylation sites (N-methyl/N-ethyl adjacent to an activating group) is 1. The summed E-state index contributed by atoms with van der Waals surface area (Å²) < 4.78 is 7.59. The molecule has 4 rings (SSSR count). The molecule has 136 valence electrons. The molecule has 0 unspecified atom stereocenters. The first kappa shape index (κ1) is 16.8. The molecule has 1 fully saturated rings. The van der Waals surface area contributed by atoms with E-state index < -0.39 is 0 Å². The van der Waals surface area contributed by atoms with Crippen molar-refractivity contribution in [3.05, 3.63) is 24.3 Å². The zero-order valence-electron chi connectivity index (χ0n) is 15.3. The Morgan fingerprint density at radius 2 is 1.88 bits per heavy atom. The maximum absolute atomic E-state index is 5.24. The molecule has 2 aliphatic rings. The number of fused-ring (bicyclic) bond motifs is 3. The number of anilines is 1. The topological polar surface area (TPSA) is 40.0 Å². The minimum Gasteiger partial charge on any atom is -0.385 e. The minimum absolute atomic E-state index is 0.808. The van der Waals surface area contributed by atoms with Gasteiger partial charge in [-0.3, -0.25) is 14.5 Å². The standard InChI is InChI=1S/C18H28N6O/c1-20-9-11-22(12-10-20)24-15-21(8-5-13-25-2)14-23-17-7-4-3-6-16(17)19-18(23)24/h3-4,6-7H,5,8-15H2,1-2H3. The summed E-state index contributed by atoms with van der Waals surface area (Å²) in [5, 5.41) is 4.84. The van der Waals surface area contributed by atoms with Crippen molar-refractivity contribution in [3.63, 3.8) is 0 Å². The van der Waals surface area contributed by atoms with E-state index >= 15 is 0 Å². The number of nitrogens with zero attached hydrogens (tertiary/aromatic N) is 6. The lowest BCUT2D eigenvalue weighted by Gasteiger charge is -2.45. The van der Waals surface area contributed by atoms with Crippen molar-refractivity contribution in [3.8, 4) is 0 Å². The number of imidazole rings is 1. The van der Waals surface area contributed by atoms with Gasteiger partial charge < -0.3 is 9.64 Å². The van der Waals surface area contributed by atoms with Crippen LogP contribution in [0.2, 0.25) is 0 Å². The molecule has 25 heavy (non-hydrogen) atoms. The summed E-state index contributed by atoms with van der Waals surface area (Å²) in [6.07, 6.45) is 1.05. The number of hydrogen-bond acceptors (Lipinski definition) is 6. The van der Waals surface area contributed by atoms with Gasteiger partial charge >= 0.3 is 0 Å². The predicted molar refractivity (Wildman–Crippen MR) is 99.3 cm³/mol. The van der Waals surface area contributed by atoms with Crippen molar-refractivity contribution in [1.29, 1.82) is 0 Å². The van der Waals surface area contributed by atoms with Crippen LogP contribution in [0, 0.1) is 0 Å². The molecule has 1 aromatic carbocycles. The first-order valence-corrected chi connectivity index (χ1v) is 9.14. The fourth-order valence-electron chi connectivity index (χ4n) is 3.72. The van der Waals surface area contributed by atoms with Crippen LogP contribution in [0.5, 0.6) is 0 Å². The molecule has 7 heteroatoms. The molecule has 0 bridgehead atoms. The Hall–Kier alpha value is -1.67. The number of ether oxygens (including phenoxy) is 1. The highest BCUT2D eigenvalue weighted by Gasteiger charge is 2.31. The first-order chi connectivity index (χ1) is 12.3. The van der Waals surface area contributed by atoms with Crippen LogP contribution in [0.1, 0.15) is 6.42 Å². The van der Waals surface area contributed by atoms with Gasteiger partial charge in [-0.05, 0) is 25.6 Å². The number of aromatic nitrogens is 2. The smallest absolute Gasteiger partial charge is 0.223 e. The maximum atomic E-state index is 5.24. The third-order valence-electron chi connectivity index (χ3n) is 5.18. The lowest BCUT2D eigenvalue weighted by atomic mass is 10.3. The van der Waals surface area contributed by atoms with Gasteiger partial charge in [0.25, 0.3) is 0 Å². The maximum Gasteiger partial charge on any atom is 0.223 e. The highest BCUT2D eigenvalue weighted by Crippen LogP contribution is 2.28. The van der Waals surface area contributed by atoms with Crippen molar-refractivity contribution in [2.24, 2.45) is 0 Å². The molecule has 3 heterocycles. The zero-order chi connectivity index (χ0) is 17.2. The summed E-state index contributed by atoms with van der Waals surface area (Å²) in [5.74, 6) is 1.08. The second-order valence-corrected chi connectivity index (χ2v) is 7.01. The number of rotatable bonds is 5. The third kappa shape index (κ3) is 3.37. The Kier molecular flexibility index (Phi) is 4.89. The largest absolute Gasteiger partial charge is 0.385 e. The average Bonchev–Trinajstić information content (AvgIpc) is 3.01. The number of piperazine rings is 1. The predicted octanol–water partition coefficient (Wildman–Crippen LogP) is 1.27. The van der Waals surface area contributed by atoms with Crippen LogP contribution < -0.4 is 5.01 Å². The second-order valence-electron chi connectivity index (χ2n) is 7.01. The summed E-state index contributed by atoms with van der Waals surface area (Å²) in [6, 6.07) is 8.45. The molecule has 0 aliphatic carbocycles. The average molecular weight is 344 g/mol. The lowest BCUT2D eigenvalue weighted by molar-refractivity contribution is 0.0836. The van der Waals surface area contributed by atoms with Gasteiger partial charge in [-0.2, -0.15) is 0 Å². The highest BCUT2D eigenvalue weighted by molar-refractivity contribution is 5.78. The molecule has 1 saturated heterocycles. The van der Waals surface area contributed by atoms with Crippen molar-refractivity contribution < 1.29 is 4.74 Å². The van der Waals surface area contributed by atoms with E-state index in [1.807, 2.05) is 0 Å². The molecule has 0 amide bonds. The fraction of sp³-hybridized carbons (Fsp3) is 0.611. The molecule has 0 spiro atoms. The molecular weight excluding hydrogens is 316 g/mol. The van der Waals surface area contributed by atoms with E-state index in [9.17, 15) is 0 Å². The molecule has 0 N–H and O–H groups in total. The summed E-state index contributed by atoms with van der Waals surface area (Å²) in [6.45, 7) is 7.92. The number of benzene rings is 1. The van der Waals surface area contributed by atoms with Gasteiger partial charge in [0.05, 0.1) is 24.4 Å². The Labute approximate surface area is 149 Å². The minimum atomic E-state index is 0.808. The molecular formula is C18H28N6O. The van der Waals surface area contributed by atoms with Crippen molar-refractivity contribution >= 4 is 17.0 Å². The molecule has 2 aromatic rings. The van der Waals surface area contributed by atoms with E-state index in [0.717, 1.165) is 70.6 Å². The van der Waals surface area contributed by atoms with Crippen LogP contribution in [0.4, 0.5) is 5.95 Å². The third-order valence-corrected chi connectivity index (χ3v) is 5.18. The quantitative estimate of drug-likeness (QED) is 0.761. The van der Waals surface area contributed by atoms with Crippen LogP contribution >= 0.6 is 0 Å². The van der Waals surface area contributed by atoms with Crippen LogP contribution in [-0.2, 0) is 11.4 Å². The van der Waals surface area contributed by atoms with Crippen molar-refractivity contribution in [1.82, 2.24) is 24.4 Å². The second kappa shape index (κ2) is 7.29. The summed E-state index contributed by atoms with van der Waals surface area (Å²) >= 11 is 0. The Balaban J connectivity index is 1.63. The summed E-state index contributed by atoms with van der Waals surface area (Å²) in [5.41, 5.74) is 2.29. The lowest BCUT2D eigenvalue weighted by Crippen LogP contribution is -2.58. The zero-order valence-corrected chi connectivity index (χ0v) is 15.3. The Morgan fingerprint density at radius 3 is 2.68 bits per heavy atom. The summed E-state index contributed by atoms with van der Waals surface area (Å²) in [7, 11) is 3.97. The van der Waals surface area contributed by atoms with E-state index in [-0.39, 0.29) is 0 Å². The van der Waals surface area contributed by atoms with Crippen molar-refractivity contribution in [2.75, 3.05) is 65.2 Å². The van der Waals surface area contributed by atoms with Gasteiger partial charge in [-0.15, -0.1) is 0 Å². The Morgan fingerprint density at radius 1 is 1.08 bits per heavy atom. The van der Waals surface area contributed by atoms with Crippen LogP contribution in [0.3, 0.4) is 0 Å². The van der Waals surface area contributed by atoms with Gasteiger partial charge in [0.15, 0.2) is 0 Å². The van der Waals surface area contributed by atoms with Gasteiger partial charge in [-0.1, -0.05) is 12.1 Å². The molecule has 0 saturated carbocycles.